The van der Waals surface area contributed by atoms with E-state index in [9.17, 15) is 14.7 Å². The van der Waals surface area contributed by atoms with Crippen LogP contribution in [0.15, 0.2) is 10.5 Å². The van der Waals surface area contributed by atoms with Crippen LogP contribution in [0.3, 0.4) is 0 Å². The molecule has 2 aromatic rings. The number of ether oxygens (including phenoxy) is 1. The van der Waals surface area contributed by atoms with Crippen LogP contribution in [0.1, 0.15) is 56.6 Å². The Bertz CT molecular complexity index is 851. The predicted octanol–water partition coefficient (Wildman–Crippen LogP) is 2.10. The fourth-order valence-electron chi connectivity index (χ4n) is 3.48. The number of nitrogens with zero attached hydrogens (tertiary/aromatic N) is 3. The normalized spacial score (nSPS) is 17.5. The first-order chi connectivity index (χ1) is 12.3. The van der Waals surface area contributed by atoms with Gasteiger partial charge in [0.05, 0.1) is 24.9 Å². The number of carbonyl (C=O) groups excluding carboxylic acids is 1. The summed E-state index contributed by atoms with van der Waals surface area (Å²) in [7, 11) is 1.86. The van der Waals surface area contributed by atoms with Gasteiger partial charge in [-0.25, -0.2) is 4.79 Å². The van der Waals surface area contributed by atoms with E-state index in [1.54, 1.807) is 16.5 Å². The predicted molar refractivity (Wildman–Crippen MR) is 92.3 cm³/mol. The third-order valence-electron chi connectivity index (χ3n) is 4.86. The lowest BCUT2D eigenvalue weighted by molar-refractivity contribution is -0.00467. The number of carboxylic acid groups (broad SMARTS) is 1. The second-order valence-corrected chi connectivity index (χ2v) is 6.40. The summed E-state index contributed by atoms with van der Waals surface area (Å²) in [4.78, 5) is 26.1. The lowest BCUT2D eigenvalue weighted by atomic mass is 10.0. The molecule has 1 fully saturated rings. The van der Waals surface area contributed by atoms with Crippen LogP contribution in [0.5, 0.6) is 0 Å². The van der Waals surface area contributed by atoms with Crippen molar-refractivity contribution in [1.29, 1.82) is 0 Å². The molecule has 140 valence electrons. The molecule has 0 aliphatic carbocycles. The van der Waals surface area contributed by atoms with Crippen molar-refractivity contribution < 1.29 is 23.8 Å². The van der Waals surface area contributed by atoms with Crippen molar-refractivity contribution in [2.75, 3.05) is 19.8 Å². The Morgan fingerprint density at radius 3 is 2.65 bits per heavy atom. The molecule has 1 atom stereocenters. The van der Waals surface area contributed by atoms with Crippen LogP contribution >= 0.6 is 0 Å². The molecule has 1 unspecified atom stereocenters. The van der Waals surface area contributed by atoms with Crippen LogP contribution in [-0.4, -0.2) is 51.4 Å². The summed E-state index contributed by atoms with van der Waals surface area (Å²) in [6, 6.07) is 1.03. The second-order valence-electron chi connectivity index (χ2n) is 6.40. The summed E-state index contributed by atoms with van der Waals surface area (Å²) in [5.41, 5.74) is 2.81. The first kappa shape index (κ1) is 18.2. The number of aromatic nitrogens is 2. The Kier molecular flexibility index (Phi) is 4.86. The van der Waals surface area contributed by atoms with E-state index >= 15 is 0 Å². The molecule has 1 aliphatic heterocycles. The van der Waals surface area contributed by atoms with Gasteiger partial charge in [0, 0.05) is 37.3 Å². The van der Waals surface area contributed by atoms with Crippen molar-refractivity contribution in [1.82, 2.24) is 14.7 Å². The Labute approximate surface area is 151 Å². The SMILES string of the molecule is CCc1oc(C(=O)N2CCOCC2c2c(C)nn(C)c2C)cc1C(=O)O. The van der Waals surface area contributed by atoms with Gasteiger partial charge in [0.2, 0.25) is 0 Å². The summed E-state index contributed by atoms with van der Waals surface area (Å²) in [6.45, 7) is 6.85. The Hall–Kier alpha value is -2.61. The Balaban J connectivity index is 1.98. The molecule has 1 amide bonds. The molecule has 26 heavy (non-hydrogen) atoms. The van der Waals surface area contributed by atoms with Gasteiger partial charge in [-0.05, 0) is 13.8 Å². The third kappa shape index (κ3) is 3.01. The minimum Gasteiger partial charge on any atom is -0.478 e. The molecule has 0 saturated carbocycles. The van der Waals surface area contributed by atoms with Gasteiger partial charge in [0.15, 0.2) is 5.76 Å². The van der Waals surface area contributed by atoms with Crippen molar-refractivity contribution >= 4 is 11.9 Å². The van der Waals surface area contributed by atoms with Gasteiger partial charge < -0.3 is 19.2 Å². The molecular weight excluding hydrogens is 338 g/mol. The standard InChI is InChI=1S/C18H23N3O5/c1-5-14-12(18(23)24)8-15(26-14)17(22)21-6-7-25-9-13(21)16-10(2)19-20(4)11(16)3/h8,13H,5-7,9H2,1-4H3,(H,23,24). The summed E-state index contributed by atoms with van der Waals surface area (Å²) in [5, 5.41) is 13.7. The molecule has 0 spiro atoms. The summed E-state index contributed by atoms with van der Waals surface area (Å²) < 4.78 is 12.9. The number of rotatable bonds is 4. The summed E-state index contributed by atoms with van der Waals surface area (Å²) >= 11 is 0. The number of aromatic carboxylic acids is 1. The highest BCUT2D eigenvalue weighted by atomic mass is 16.5. The van der Waals surface area contributed by atoms with Crippen LogP contribution in [0.2, 0.25) is 0 Å². The van der Waals surface area contributed by atoms with Crippen LogP contribution in [-0.2, 0) is 18.2 Å². The highest BCUT2D eigenvalue weighted by molar-refractivity contribution is 5.96. The number of hydrogen-bond acceptors (Lipinski definition) is 5. The molecule has 0 radical (unpaired) electrons. The number of furan rings is 1. The Morgan fingerprint density at radius 1 is 1.38 bits per heavy atom. The van der Waals surface area contributed by atoms with Gasteiger partial charge in [0.25, 0.3) is 5.91 Å². The van der Waals surface area contributed by atoms with Gasteiger partial charge >= 0.3 is 5.97 Å². The van der Waals surface area contributed by atoms with Crippen LogP contribution < -0.4 is 0 Å². The zero-order chi connectivity index (χ0) is 19.0. The van der Waals surface area contributed by atoms with Crippen LogP contribution in [0.4, 0.5) is 0 Å². The molecule has 1 saturated heterocycles. The first-order valence-electron chi connectivity index (χ1n) is 8.59. The average Bonchev–Trinajstić information content (AvgIpc) is 3.16. The van der Waals surface area contributed by atoms with Gasteiger partial charge in [0.1, 0.15) is 11.3 Å². The number of morpholine rings is 1. The largest absolute Gasteiger partial charge is 0.478 e. The zero-order valence-electron chi connectivity index (χ0n) is 15.4. The molecule has 1 N–H and O–H groups in total. The fourth-order valence-corrected chi connectivity index (χ4v) is 3.48. The van der Waals surface area contributed by atoms with E-state index < -0.39 is 5.97 Å². The van der Waals surface area contributed by atoms with Gasteiger partial charge in [-0.3, -0.25) is 9.48 Å². The minimum absolute atomic E-state index is 0.0365. The van der Waals surface area contributed by atoms with E-state index in [0.717, 1.165) is 17.0 Å². The van der Waals surface area contributed by atoms with Crippen molar-refractivity contribution in [2.45, 2.75) is 33.2 Å². The molecular formula is C18H23N3O5. The maximum atomic E-state index is 13.1. The van der Waals surface area contributed by atoms with Crippen molar-refractivity contribution in [3.05, 3.63) is 40.1 Å². The lowest BCUT2D eigenvalue weighted by Crippen LogP contribution is -2.43. The molecule has 3 rings (SSSR count). The number of carbonyl (C=O) groups is 2. The summed E-state index contributed by atoms with van der Waals surface area (Å²) in [5.74, 6) is -1.07. The molecule has 2 aromatic heterocycles. The van der Waals surface area contributed by atoms with E-state index in [4.69, 9.17) is 9.15 Å². The van der Waals surface area contributed by atoms with E-state index in [-0.39, 0.29) is 23.3 Å². The average molecular weight is 361 g/mol. The van der Waals surface area contributed by atoms with Crippen LogP contribution in [0, 0.1) is 13.8 Å². The molecule has 8 nitrogen and oxygen atoms in total. The topological polar surface area (TPSA) is 97.8 Å². The van der Waals surface area contributed by atoms with E-state index in [2.05, 4.69) is 5.10 Å². The number of hydrogen-bond donors (Lipinski definition) is 1. The lowest BCUT2D eigenvalue weighted by Gasteiger charge is -2.35. The zero-order valence-corrected chi connectivity index (χ0v) is 15.4. The van der Waals surface area contributed by atoms with Crippen molar-refractivity contribution in [3.8, 4) is 0 Å². The fraction of sp³-hybridized carbons (Fsp3) is 0.500. The monoisotopic (exact) mass is 361 g/mol. The molecule has 3 heterocycles. The minimum atomic E-state index is -1.10. The van der Waals surface area contributed by atoms with Gasteiger partial charge in [-0.15, -0.1) is 0 Å². The molecule has 0 aromatic carbocycles. The highest BCUT2D eigenvalue weighted by Gasteiger charge is 2.35. The third-order valence-corrected chi connectivity index (χ3v) is 4.86. The molecule has 1 aliphatic rings. The van der Waals surface area contributed by atoms with Gasteiger partial charge in [-0.2, -0.15) is 5.10 Å². The van der Waals surface area contributed by atoms with Crippen LogP contribution in [0.25, 0.3) is 0 Å². The van der Waals surface area contributed by atoms with E-state index in [1.165, 1.54) is 6.07 Å². The highest BCUT2D eigenvalue weighted by Crippen LogP contribution is 2.31. The quantitative estimate of drug-likeness (QED) is 0.896. The molecule has 8 heteroatoms. The van der Waals surface area contributed by atoms with Crippen molar-refractivity contribution in [2.24, 2.45) is 7.05 Å². The number of carboxylic acids is 1. The maximum absolute atomic E-state index is 13.1. The van der Waals surface area contributed by atoms with Crippen molar-refractivity contribution in [3.63, 3.8) is 0 Å². The molecule has 0 bridgehead atoms. The smallest absolute Gasteiger partial charge is 0.339 e. The van der Waals surface area contributed by atoms with E-state index in [0.29, 0.717) is 31.9 Å². The van der Waals surface area contributed by atoms with E-state index in [1.807, 2.05) is 20.9 Å². The first-order valence-corrected chi connectivity index (χ1v) is 8.59. The number of aryl methyl sites for hydroxylation is 3. The summed E-state index contributed by atoms with van der Waals surface area (Å²) in [6.07, 6.45) is 0.405. The van der Waals surface area contributed by atoms with Gasteiger partial charge in [-0.1, -0.05) is 6.92 Å². The maximum Gasteiger partial charge on any atom is 0.339 e. The Morgan fingerprint density at radius 2 is 2.12 bits per heavy atom. The second kappa shape index (κ2) is 6.95. The number of amides is 1.